The Morgan fingerprint density at radius 3 is 2.47 bits per heavy atom. The van der Waals surface area contributed by atoms with Crippen LogP contribution in [0.3, 0.4) is 0 Å². The minimum Gasteiger partial charge on any atom is -0.0738 e. The molecule has 0 amide bonds. The molecule has 17 heavy (non-hydrogen) atoms. The molecule has 3 rings (SSSR count). The molecule has 0 radical (unpaired) electrons. The van der Waals surface area contributed by atoms with Crippen LogP contribution in [0, 0.1) is 6.92 Å². The summed E-state index contributed by atoms with van der Waals surface area (Å²) in [5, 5.41) is 1.79. The second-order valence-corrected chi connectivity index (χ2v) is 9.38. The molecule has 1 atom stereocenters. The number of hydrogen-bond donors (Lipinski definition) is 0. The van der Waals surface area contributed by atoms with Gasteiger partial charge >= 0.3 is 0 Å². The zero-order valence-corrected chi connectivity index (χ0v) is 12.6. The normalized spacial score (nSPS) is 27.9. The van der Waals surface area contributed by atoms with Crippen molar-refractivity contribution in [2.75, 3.05) is 12.3 Å². The summed E-state index contributed by atoms with van der Waals surface area (Å²) < 4.78 is 0. The molecule has 2 aliphatic rings. The average Bonchev–Trinajstić information content (AvgIpc) is 2.48. The van der Waals surface area contributed by atoms with Gasteiger partial charge in [-0.15, -0.1) is 0 Å². The summed E-state index contributed by atoms with van der Waals surface area (Å²) in [4.78, 5) is 0. The largest absolute Gasteiger partial charge is 0.0738 e. The number of rotatable bonds is 0. The van der Waals surface area contributed by atoms with Crippen LogP contribution in [0.2, 0.25) is 0 Å². The van der Waals surface area contributed by atoms with E-state index in [1.54, 1.807) is 16.4 Å². The van der Waals surface area contributed by atoms with Gasteiger partial charge in [-0.1, -0.05) is 47.7 Å². The van der Waals surface area contributed by atoms with Crippen LogP contribution >= 0.6 is 7.92 Å². The molecule has 0 saturated carbocycles. The van der Waals surface area contributed by atoms with Gasteiger partial charge in [0.2, 0.25) is 0 Å². The van der Waals surface area contributed by atoms with Gasteiger partial charge in [-0.25, -0.2) is 0 Å². The molecule has 0 nitrogen and oxygen atoms in total. The highest BCUT2D eigenvalue weighted by molar-refractivity contribution is 7.66. The zero-order chi connectivity index (χ0) is 12.4. The average molecular weight is 246 g/mol. The summed E-state index contributed by atoms with van der Waals surface area (Å²) in [6, 6.07) is 4.78. The van der Waals surface area contributed by atoms with Crippen molar-refractivity contribution < 1.29 is 0 Å². The Bertz CT molecular complexity index is 483. The molecular formula is C16H23P. The highest BCUT2D eigenvalue weighted by Gasteiger charge is 2.44. The summed E-state index contributed by atoms with van der Waals surface area (Å²) in [5.41, 5.74) is 5.71. The summed E-state index contributed by atoms with van der Waals surface area (Å²) in [7, 11) is 0.145. The lowest BCUT2D eigenvalue weighted by Crippen LogP contribution is -2.32. The van der Waals surface area contributed by atoms with Crippen LogP contribution in [0.5, 0.6) is 0 Å². The Hall–Kier alpha value is -0.350. The van der Waals surface area contributed by atoms with Crippen LogP contribution in [-0.2, 0) is 10.8 Å². The SMILES string of the molecule is Cc1ccc2c3c1C(C)(C)CP3CCC2(C)C. The van der Waals surface area contributed by atoms with Gasteiger partial charge in [-0.2, -0.15) is 0 Å². The van der Waals surface area contributed by atoms with Crippen molar-refractivity contribution in [2.45, 2.75) is 51.9 Å². The first-order valence-electron chi connectivity index (χ1n) is 6.72. The molecule has 2 heterocycles. The van der Waals surface area contributed by atoms with E-state index in [4.69, 9.17) is 0 Å². The van der Waals surface area contributed by atoms with Crippen molar-refractivity contribution in [1.29, 1.82) is 0 Å². The van der Waals surface area contributed by atoms with E-state index < -0.39 is 0 Å². The molecular weight excluding hydrogens is 223 g/mol. The van der Waals surface area contributed by atoms with Gasteiger partial charge in [0.05, 0.1) is 0 Å². The minimum absolute atomic E-state index is 0.145. The van der Waals surface area contributed by atoms with E-state index in [-0.39, 0.29) is 7.92 Å². The molecule has 0 N–H and O–H groups in total. The smallest absolute Gasteiger partial charge is 0.00523 e. The third-order valence-electron chi connectivity index (χ3n) is 4.70. The Morgan fingerprint density at radius 2 is 1.76 bits per heavy atom. The first-order valence-corrected chi connectivity index (χ1v) is 8.44. The number of hydrogen-bond acceptors (Lipinski definition) is 0. The van der Waals surface area contributed by atoms with Crippen molar-refractivity contribution in [3.05, 3.63) is 28.8 Å². The van der Waals surface area contributed by atoms with Crippen molar-refractivity contribution in [3.63, 3.8) is 0 Å². The second-order valence-electron chi connectivity index (χ2n) is 7.09. The summed E-state index contributed by atoms with van der Waals surface area (Å²) in [6.07, 6.45) is 4.26. The maximum absolute atomic E-state index is 2.45. The van der Waals surface area contributed by atoms with E-state index in [1.165, 1.54) is 24.3 Å². The van der Waals surface area contributed by atoms with Gasteiger partial charge in [0, 0.05) is 0 Å². The van der Waals surface area contributed by atoms with Crippen molar-refractivity contribution >= 4 is 13.2 Å². The van der Waals surface area contributed by atoms with Gasteiger partial charge in [0.25, 0.3) is 0 Å². The quantitative estimate of drug-likeness (QED) is 0.605. The van der Waals surface area contributed by atoms with Crippen LogP contribution in [0.1, 0.15) is 50.8 Å². The fourth-order valence-electron chi connectivity index (χ4n) is 3.80. The van der Waals surface area contributed by atoms with E-state index in [9.17, 15) is 0 Å². The van der Waals surface area contributed by atoms with E-state index >= 15 is 0 Å². The zero-order valence-electron chi connectivity index (χ0n) is 11.7. The minimum atomic E-state index is 0.145. The third-order valence-corrected chi connectivity index (χ3v) is 7.73. The lowest BCUT2D eigenvalue weighted by atomic mass is 9.77. The summed E-state index contributed by atoms with van der Waals surface area (Å²) >= 11 is 0. The molecule has 2 aliphatic heterocycles. The van der Waals surface area contributed by atoms with Gasteiger partial charge in [0.15, 0.2) is 0 Å². The molecule has 1 aromatic carbocycles. The molecule has 92 valence electrons. The molecule has 0 aliphatic carbocycles. The first kappa shape index (κ1) is 11.7. The van der Waals surface area contributed by atoms with E-state index in [1.807, 2.05) is 0 Å². The molecule has 1 aromatic rings. The predicted octanol–water partition coefficient (Wildman–Crippen LogP) is 4.07. The predicted molar refractivity (Wildman–Crippen MR) is 78.1 cm³/mol. The van der Waals surface area contributed by atoms with E-state index in [0.29, 0.717) is 10.8 Å². The molecule has 0 bridgehead atoms. The number of benzene rings is 1. The maximum Gasteiger partial charge on any atom is -0.00523 e. The molecule has 0 fully saturated rings. The third kappa shape index (κ3) is 1.53. The first-order chi connectivity index (χ1) is 7.83. The molecule has 0 spiro atoms. The lowest BCUT2D eigenvalue weighted by molar-refractivity contribution is 0.508. The number of aryl methyl sites for hydroxylation is 1. The lowest BCUT2D eigenvalue weighted by Gasteiger charge is -2.36. The fraction of sp³-hybridized carbons (Fsp3) is 0.625. The van der Waals surface area contributed by atoms with E-state index in [2.05, 4.69) is 46.8 Å². The molecule has 1 unspecified atom stereocenters. The highest BCUT2D eigenvalue weighted by Crippen LogP contribution is 2.57. The van der Waals surface area contributed by atoms with Crippen molar-refractivity contribution in [3.8, 4) is 0 Å². The van der Waals surface area contributed by atoms with Crippen LogP contribution < -0.4 is 5.30 Å². The van der Waals surface area contributed by atoms with Crippen LogP contribution in [0.25, 0.3) is 0 Å². The molecule has 1 heteroatoms. The Labute approximate surface area is 107 Å². The van der Waals surface area contributed by atoms with Gasteiger partial charge < -0.3 is 0 Å². The van der Waals surface area contributed by atoms with Gasteiger partial charge in [0.1, 0.15) is 0 Å². The van der Waals surface area contributed by atoms with Crippen LogP contribution in [0.4, 0.5) is 0 Å². The second kappa shape index (κ2) is 3.35. The Morgan fingerprint density at radius 1 is 1.06 bits per heavy atom. The van der Waals surface area contributed by atoms with Crippen molar-refractivity contribution in [2.24, 2.45) is 0 Å². The van der Waals surface area contributed by atoms with Gasteiger partial charge in [-0.05, 0) is 58.5 Å². The maximum atomic E-state index is 2.45. The summed E-state index contributed by atoms with van der Waals surface area (Å²) in [6.45, 7) is 12.1. The van der Waals surface area contributed by atoms with Gasteiger partial charge in [-0.3, -0.25) is 0 Å². The van der Waals surface area contributed by atoms with Crippen molar-refractivity contribution in [1.82, 2.24) is 0 Å². The molecule has 0 aromatic heterocycles. The fourth-order valence-corrected chi connectivity index (χ4v) is 7.79. The van der Waals surface area contributed by atoms with Crippen LogP contribution in [0.15, 0.2) is 12.1 Å². The Balaban J connectivity index is 2.32. The molecule has 0 saturated heterocycles. The standard InChI is InChI=1S/C16H23P/c1-11-6-7-12-14-13(11)16(4,5)10-17(14)9-8-15(12,2)3/h6-7H,8-10H2,1-5H3. The topological polar surface area (TPSA) is 0 Å². The summed E-state index contributed by atoms with van der Waals surface area (Å²) in [5.74, 6) is 0. The Kier molecular flexibility index (Phi) is 2.31. The van der Waals surface area contributed by atoms with Crippen LogP contribution in [-0.4, -0.2) is 12.3 Å². The monoisotopic (exact) mass is 246 g/mol. The highest BCUT2D eigenvalue weighted by atomic mass is 31.1. The van der Waals surface area contributed by atoms with E-state index in [0.717, 1.165) is 0 Å².